The van der Waals surface area contributed by atoms with Crippen molar-refractivity contribution in [3.8, 4) is 33.1 Å². The van der Waals surface area contributed by atoms with Crippen LogP contribution in [0.3, 0.4) is 0 Å². The van der Waals surface area contributed by atoms with E-state index in [2.05, 4.69) is 4.74 Å². The van der Waals surface area contributed by atoms with Crippen LogP contribution < -0.4 is 44.1 Å². The summed E-state index contributed by atoms with van der Waals surface area (Å²) in [5.41, 5.74) is 2.53. The van der Waals surface area contributed by atoms with Crippen LogP contribution in [0.1, 0.15) is 15.9 Å². The molecule has 4 rings (SSSR count). The van der Waals surface area contributed by atoms with Gasteiger partial charge in [0.1, 0.15) is 18.1 Å². The summed E-state index contributed by atoms with van der Waals surface area (Å²) in [6, 6.07) is 20.8. The maximum Gasteiger partial charge on any atom is 1.00 e. The van der Waals surface area contributed by atoms with Crippen molar-refractivity contribution in [3.63, 3.8) is 0 Å². The molecule has 0 fully saturated rings. The van der Waals surface area contributed by atoms with Gasteiger partial charge in [-0.2, -0.15) is 8.78 Å². The van der Waals surface area contributed by atoms with Gasteiger partial charge < -0.3 is 19.4 Å². The Morgan fingerprint density at radius 2 is 1.71 bits per heavy atom. The number of carboxylic acids is 1. The van der Waals surface area contributed by atoms with Crippen molar-refractivity contribution in [2.24, 2.45) is 0 Å². The predicted octanol–water partition coefficient (Wildman–Crippen LogP) is 3.28. The molecule has 3 aromatic carbocycles. The van der Waals surface area contributed by atoms with Crippen molar-refractivity contribution in [3.05, 3.63) is 94.3 Å². The SMILES string of the molecule is O=C([O-])c1cc(-c2sccc2-c2cc(Cl)ccc2OCc2ccccc2)ccc1OC(F)F.[Na+]. The maximum atomic E-state index is 12.6. The minimum atomic E-state index is -3.15. The molecule has 0 spiro atoms. The normalized spacial score (nSPS) is 10.6. The summed E-state index contributed by atoms with van der Waals surface area (Å²) in [5.74, 6) is -1.47. The molecule has 0 aliphatic heterocycles. The number of aromatic carboxylic acids is 1. The number of halogens is 3. The molecule has 0 aliphatic rings. The number of carbonyl (C=O) groups excluding carboxylic acids is 1. The molecule has 1 aromatic heterocycles. The second-order valence-corrected chi connectivity index (χ2v) is 8.31. The second-order valence-electron chi connectivity index (χ2n) is 6.96. The van der Waals surface area contributed by atoms with Gasteiger partial charge in [0.05, 0.1) is 5.97 Å². The first-order valence-electron chi connectivity index (χ1n) is 9.77. The third-order valence-electron chi connectivity index (χ3n) is 4.81. The average Bonchev–Trinajstić information content (AvgIpc) is 3.28. The van der Waals surface area contributed by atoms with E-state index in [0.717, 1.165) is 16.7 Å². The summed E-state index contributed by atoms with van der Waals surface area (Å²) in [5, 5.41) is 13.9. The van der Waals surface area contributed by atoms with Crippen molar-refractivity contribution in [2.75, 3.05) is 0 Å². The number of hydrogen-bond donors (Lipinski definition) is 0. The van der Waals surface area contributed by atoms with Crippen LogP contribution >= 0.6 is 22.9 Å². The molecule has 0 bridgehead atoms. The van der Waals surface area contributed by atoms with Crippen molar-refractivity contribution < 1.29 is 57.7 Å². The smallest absolute Gasteiger partial charge is 0.545 e. The fourth-order valence-corrected chi connectivity index (χ4v) is 4.43. The minimum absolute atomic E-state index is 0. The molecule has 0 unspecified atom stereocenters. The summed E-state index contributed by atoms with van der Waals surface area (Å²) in [6.45, 7) is -2.80. The molecule has 9 heteroatoms. The number of benzene rings is 3. The van der Waals surface area contributed by atoms with E-state index in [1.807, 2.05) is 41.8 Å². The number of rotatable bonds is 8. The number of alkyl halides is 2. The Labute approximate surface area is 226 Å². The molecule has 0 atom stereocenters. The Balaban J connectivity index is 0.00000324. The first-order chi connectivity index (χ1) is 15.9. The summed E-state index contributed by atoms with van der Waals surface area (Å²) in [4.78, 5) is 12.2. The molecule has 0 saturated carbocycles. The number of ether oxygens (including phenoxy) is 2. The van der Waals surface area contributed by atoms with E-state index in [1.165, 1.54) is 29.5 Å². The molecule has 0 aliphatic carbocycles. The molecular weight excluding hydrogens is 493 g/mol. The molecular formula is C25H16ClF2NaO4S. The van der Waals surface area contributed by atoms with Gasteiger partial charge in [0.25, 0.3) is 0 Å². The molecule has 0 N–H and O–H groups in total. The van der Waals surface area contributed by atoms with Gasteiger partial charge in [-0.25, -0.2) is 0 Å². The first-order valence-corrected chi connectivity index (χ1v) is 11.0. The number of carboxylic acid groups (broad SMARTS) is 1. The van der Waals surface area contributed by atoms with Crippen LogP contribution in [-0.4, -0.2) is 12.6 Å². The molecule has 4 aromatic rings. The van der Waals surface area contributed by atoms with Gasteiger partial charge >= 0.3 is 36.2 Å². The molecule has 0 radical (unpaired) electrons. The third kappa shape index (κ3) is 6.17. The average molecular weight is 509 g/mol. The summed E-state index contributed by atoms with van der Waals surface area (Å²) in [6.07, 6.45) is 0. The van der Waals surface area contributed by atoms with Gasteiger partial charge in [0.15, 0.2) is 0 Å². The van der Waals surface area contributed by atoms with Gasteiger partial charge in [-0.1, -0.05) is 41.9 Å². The monoisotopic (exact) mass is 508 g/mol. The van der Waals surface area contributed by atoms with Crippen molar-refractivity contribution in [1.82, 2.24) is 0 Å². The Morgan fingerprint density at radius 3 is 2.41 bits per heavy atom. The van der Waals surface area contributed by atoms with Gasteiger partial charge in [0, 0.05) is 26.6 Å². The summed E-state index contributed by atoms with van der Waals surface area (Å²) < 4.78 is 35.7. The maximum absolute atomic E-state index is 12.6. The van der Waals surface area contributed by atoms with E-state index in [4.69, 9.17) is 16.3 Å². The van der Waals surface area contributed by atoms with Crippen LogP contribution in [0.25, 0.3) is 21.6 Å². The van der Waals surface area contributed by atoms with Crippen molar-refractivity contribution >= 4 is 28.9 Å². The summed E-state index contributed by atoms with van der Waals surface area (Å²) >= 11 is 7.63. The summed E-state index contributed by atoms with van der Waals surface area (Å²) in [7, 11) is 0. The Hall–Kier alpha value is -2.42. The van der Waals surface area contributed by atoms with E-state index < -0.39 is 23.9 Å². The van der Waals surface area contributed by atoms with E-state index in [0.29, 0.717) is 27.8 Å². The van der Waals surface area contributed by atoms with E-state index in [1.54, 1.807) is 18.2 Å². The fourth-order valence-electron chi connectivity index (χ4n) is 3.35. The van der Waals surface area contributed by atoms with Crippen LogP contribution in [-0.2, 0) is 6.61 Å². The zero-order chi connectivity index (χ0) is 23.4. The Morgan fingerprint density at radius 1 is 0.971 bits per heavy atom. The second kappa shape index (κ2) is 11.8. The zero-order valence-corrected chi connectivity index (χ0v) is 21.5. The Bertz CT molecular complexity index is 1280. The van der Waals surface area contributed by atoms with Gasteiger partial charge in [-0.15, -0.1) is 11.3 Å². The van der Waals surface area contributed by atoms with Gasteiger partial charge in [-0.05, 0) is 59.0 Å². The Kier molecular flexibility index (Phi) is 9.10. The number of carbonyl (C=O) groups is 1. The van der Waals surface area contributed by atoms with Crippen LogP contribution in [0.2, 0.25) is 5.02 Å². The number of thiophene rings is 1. The van der Waals surface area contributed by atoms with Crippen LogP contribution in [0.4, 0.5) is 8.78 Å². The predicted molar refractivity (Wildman–Crippen MR) is 122 cm³/mol. The van der Waals surface area contributed by atoms with Gasteiger partial charge in [-0.3, -0.25) is 0 Å². The largest absolute Gasteiger partial charge is 1.00 e. The molecule has 0 amide bonds. The fraction of sp³-hybridized carbons (Fsp3) is 0.0800. The third-order valence-corrected chi connectivity index (χ3v) is 6.01. The molecule has 34 heavy (non-hydrogen) atoms. The first kappa shape index (κ1) is 26.2. The van der Waals surface area contributed by atoms with Crippen LogP contribution in [0.15, 0.2) is 78.2 Å². The van der Waals surface area contributed by atoms with Gasteiger partial charge in [0.2, 0.25) is 0 Å². The zero-order valence-electron chi connectivity index (χ0n) is 18.0. The minimum Gasteiger partial charge on any atom is -0.545 e. The molecule has 0 saturated heterocycles. The molecule has 168 valence electrons. The van der Waals surface area contributed by atoms with E-state index >= 15 is 0 Å². The molecule has 1 heterocycles. The van der Waals surface area contributed by atoms with Crippen molar-refractivity contribution in [1.29, 1.82) is 0 Å². The van der Waals surface area contributed by atoms with E-state index in [9.17, 15) is 18.7 Å². The van der Waals surface area contributed by atoms with Crippen molar-refractivity contribution in [2.45, 2.75) is 13.2 Å². The van der Waals surface area contributed by atoms with Crippen LogP contribution in [0, 0.1) is 0 Å². The number of hydrogen-bond acceptors (Lipinski definition) is 5. The standard InChI is InChI=1S/C25H17ClF2O4S.Na/c26-17-7-9-21(31-14-15-4-2-1-3-5-15)19(13-17)18-10-11-33-23(18)16-6-8-22(32-25(27)28)20(12-16)24(29)30;/h1-13,25H,14H2,(H,29,30);/q;+1/p-1. The quantitative estimate of drug-likeness (QED) is 0.343. The van der Waals surface area contributed by atoms with E-state index in [-0.39, 0.29) is 29.6 Å². The van der Waals surface area contributed by atoms with Crippen LogP contribution in [0.5, 0.6) is 11.5 Å². The topological polar surface area (TPSA) is 58.6 Å². The molecule has 4 nitrogen and oxygen atoms in total.